The fourth-order valence-electron chi connectivity index (χ4n) is 2.03. The minimum absolute atomic E-state index is 0.200. The van der Waals surface area contributed by atoms with Crippen molar-refractivity contribution in [2.24, 2.45) is 0 Å². The van der Waals surface area contributed by atoms with Gasteiger partial charge in [0.05, 0.1) is 0 Å². The Hall–Kier alpha value is -0.610. The number of furan rings is 1. The molecule has 2 unspecified atom stereocenters. The first kappa shape index (κ1) is 10.9. The van der Waals surface area contributed by atoms with Crippen molar-refractivity contribution >= 4 is 10.8 Å². The van der Waals surface area contributed by atoms with Crippen LogP contribution in [-0.2, 0) is 10.8 Å². The van der Waals surface area contributed by atoms with E-state index in [1.165, 1.54) is 5.56 Å². The predicted octanol–water partition coefficient (Wildman–Crippen LogP) is 1.68. The third-order valence-corrected chi connectivity index (χ3v) is 4.20. The van der Waals surface area contributed by atoms with Gasteiger partial charge in [-0.25, -0.2) is 0 Å². The average Bonchev–Trinajstić information content (AvgIpc) is 2.38. The molecule has 2 heterocycles. The Balaban J connectivity index is 2.21. The molecule has 0 spiro atoms. The highest BCUT2D eigenvalue weighted by Gasteiger charge is 2.21. The maximum absolute atomic E-state index is 11.6. The van der Waals surface area contributed by atoms with E-state index in [0.717, 1.165) is 30.2 Å². The van der Waals surface area contributed by atoms with Crippen molar-refractivity contribution in [3.05, 3.63) is 23.2 Å². The van der Waals surface area contributed by atoms with Crippen molar-refractivity contribution < 1.29 is 8.63 Å². The van der Waals surface area contributed by atoms with Gasteiger partial charge in [-0.1, -0.05) is 0 Å². The molecule has 0 bridgehead atoms. The summed E-state index contributed by atoms with van der Waals surface area (Å²) in [4.78, 5) is 0. The first-order valence-corrected chi connectivity index (χ1v) is 6.81. The van der Waals surface area contributed by atoms with Crippen LogP contribution >= 0.6 is 0 Å². The number of nitrogens with one attached hydrogen (secondary N) is 1. The smallest absolute Gasteiger partial charge is 0.105 e. The largest absolute Gasteiger partial charge is 0.466 e. The van der Waals surface area contributed by atoms with Crippen LogP contribution in [0.5, 0.6) is 0 Å². The van der Waals surface area contributed by atoms with Crippen molar-refractivity contribution in [2.75, 3.05) is 18.1 Å². The molecular weight excluding hydrogens is 210 g/mol. The summed E-state index contributed by atoms with van der Waals surface area (Å²) < 4.78 is 17.1. The molecule has 1 aromatic rings. The summed E-state index contributed by atoms with van der Waals surface area (Å²) in [6, 6.07) is 2.25. The molecule has 84 valence electrons. The molecule has 1 saturated heterocycles. The molecule has 0 saturated carbocycles. The van der Waals surface area contributed by atoms with Gasteiger partial charge < -0.3 is 9.73 Å². The number of hydrogen-bond donors (Lipinski definition) is 1. The predicted molar refractivity (Wildman–Crippen MR) is 61.4 cm³/mol. The maximum atomic E-state index is 11.6. The lowest BCUT2D eigenvalue weighted by atomic mass is 10.1. The average molecular weight is 227 g/mol. The van der Waals surface area contributed by atoms with Gasteiger partial charge in [-0.05, 0) is 32.9 Å². The van der Waals surface area contributed by atoms with Crippen molar-refractivity contribution in [3.8, 4) is 0 Å². The molecule has 1 N–H and O–H groups in total. The summed E-state index contributed by atoms with van der Waals surface area (Å²) in [5, 5.41) is 3.43. The fourth-order valence-corrected chi connectivity index (χ4v) is 3.34. The van der Waals surface area contributed by atoms with Crippen LogP contribution in [0.4, 0.5) is 0 Å². The maximum Gasteiger partial charge on any atom is 0.105 e. The fraction of sp³-hybridized carbons (Fsp3) is 0.636. The van der Waals surface area contributed by atoms with E-state index in [4.69, 9.17) is 4.42 Å². The van der Waals surface area contributed by atoms with E-state index in [-0.39, 0.29) is 6.04 Å². The quantitative estimate of drug-likeness (QED) is 0.793. The van der Waals surface area contributed by atoms with Gasteiger partial charge in [0.25, 0.3) is 0 Å². The van der Waals surface area contributed by atoms with Crippen molar-refractivity contribution in [2.45, 2.75) is 26.3 Å². The molecule has 2 atom stereocenters. The highest BCUT2D eigenvalue weighted by atomic mass is 32.2. The van der Waals surface area contributed by atoms with Gasteiger partial charge in [0.1, 0.15) is 11.5 Å². The Labute approximate surface area is 92.7 Å². The molecule has 2 rings (SSSR count). The van der Waals surface area contributed by atoms with Crippen LogP contribution in [0, 0.1) is 13.8 Å². The Morgan fingerprint density at radius 2 is 2.33 bits per heavy atom. The standard InChI is InChI=1S/C11H17NO2S/c1-8-6-10(9(2)14-8)11-7-15(13)5-3-4-12-11/h6,11-12H,3-5,7H2,1-2H3. The van der Waals surface area contributed by atoms with E-state index >= 15 is 0 Å². The molecule has 0 radical (unpaired) electrons. The summed E-state index contributed by atoms with van der Waals surface area (Å²) in [6.45, 7) is 4.86. The van der Waals surface area contributed by atoms with Crippen molar-refractivity contribution in [1.82, 2.24) is 5.32 Å². The second-order valence-corrected chi connectivity index (χ2v) is 5.66. The summed E-state index contributed by atoms with van der Waals surface area (Å²) in [5.41, 5.74) is 1.17. The van der Waals surface area contributed by atoms with Crippen LogP contribution in [0.25, 0.3) is 0 Å². The monoisotopic (exact) mass is 227 g/mol. The molecular formula is C11H17NO2S. The zero-order valence-electron chi connectivity index (χ0n) is 9.21. The van der Waals surface area contributed by atoms with Gasteiger partial charge in [-0.15, -0.1) is 0 Å². The van der Waals surface area contributed by atoms with Gasteiger partial charge in [-0.3, -0.25) is 4.21 Å². The van der Waals surface area contributed by atoms with Gasteiger partial charge in [-0.2, -0.15) is 0 Å². The topological polar surface area (TPSA) is 42.2 Å². The Bertz CT molecular complexity index is 373. The third-order valence-electron chi connectivity index (χ3n) is 2.75. The molecule has 15 heavy (non-hydrogen) atoms. The second kappa shape index (κ2) is 4.49. The lowest BCUT2D eigenvalue weighted by Gasteiger charge is -2.13. The minimum atomic E-state index is -0.691. The zero-order chi connectivity index (χ0) is 10.8. The zero-order valence-corrected chi connectivity index (χ0v) is 10.0. The lowest BCUT2D eigenvalue weighted by Crippen LogP contribution is -2.24. The van der Waals surface area contributed by atoms with Gasteiger partial charge in [0.15, 0.2) is 0 Å². The molecule has 0 aliphatic carbocycles. The number of hydrogen-bond acceptors (Lipinski definition) is 3. The van der Waals surface area contributed by atoms with Crippen LogP contribution in [-0.4, -0.2) is 22.3 Å². The number of rotatable bonds is 1. The van der Waals surface area contributed by atoms with Gasteiger partial charge in [0.2, 0.25) is 0 Å². The van der Waals surface area contributed by atoms with Gasteiger partial charge in [0, 0.05) is 33.9 Å². The molecule has 1 aromatic heterocycles. The van der Waals surface area contributed by atoms with Crippen molar-refractivity contribution in [1.29, 1.82) is 0 Å². The molecule has 1 aliphatic heterocycles. The molecule has 3 nitrogen and oxygen atoms in total. The summed E-state index contributed by atoms with van der Waals surface area (Å²) in [6.07, 6.45) is 0.999. The van der Waals surface area contributed by atoms with E-state index in [1.54, 1.807) is 0 Å². The molecule has 1 aliphatic rings. The van der Waals surface area contributed by atoms with Gasteiger partial charge >= 0.3 is 0 Å². The Morgan fingerprint density at radius 3 is 3.00 bits per heavy atom. The molecule has 0 amide bonds. The van der Waals surface area contributed by atoms with Crippen LogP contribution in [0.15, 0.2) is 10.5 Å². The third kappa shape index (κ3) is 2.49. The normalized spacial score (nSPS) is 27.6. The summed E-state index contributed by atoms with van der Waals surface area (Å²) in [7, 11) is -0.691. The summed E-state index contributed by atoms with van der Waals surface area (Å²) in [5.74, 6) is 3.40. The van der Waals surface area contributed by atoms with E-state index in [2.05, 4.69) is 11.4 Å². The van der Waals surface area contributed by atoms with E-state index in [9.17, 15) is 4.21 Å². The Kier molecular flexibility index (Phi) is 3.26. The SMILES string of the molecule is Cc1cc(C2CS(=O)CCCN2)c(C)o1. The Morgan fingerprint density at radius 1 is 1.53 bits per heavy atom. The summed E-state index contributed by atoms with van der Waals surface area (Å²) >= 11 is 0. The number of aryl methyl sites for hydroxylation is 2. The lowest BCUT2D eigenvalue weighted by molar-refractivity contribution is 0.492. The van der Waals surface area contributed by atoms with Crippen molar-refractivity contribution in [3.63, 3.8) is 0 Å². The van der Waals surface area contributed by atoms with Crippen LogP contribution in [0.3, 0.4) is 0 Å². The van der Waals surface area contributed by atoms with E-state index in [0.29, 0.717) is 5.75 Å². The molecule has 1 fully saturated rings. The second-order valence-electron chi connectivity index (χ2n) is 4.04. The van der Waals surface area contributed by atoms with E-state index < -0.39 is 10.8 Å². The molecule has 4 heteroatoms. The molecule has 0 aromatic carbocycles. The minimum Gasteiger partial charge on any atom is -0.466 e. The van der Waals surface area contributed by atoms with E-state index in [1.807, 2.05) is 13.8 Å². The highest BCUT2D eigenvalue weighted by molar-refractivity contribution is 7.85. The van der Waals surface area contributed by atoms with Crippen LogP contribution in [0.2, 0.25) is 0 Å². The van der Waals surface area contributed by atoms with Crippen LogP contribution < -0.4 is 5.32 Å². The highest BCUT2D eigenvalue weighted by Crippen LogP contribution is 2.23. The first-order chi connectivity index (χ1) is 7.16. The van der Waals surface area contributed by atoms with Crippen LogP contribution in [0.1, 0.15) is 29.5 Å². The first-order valence-electron chi connectivity index (χ1n) is 5.32.